The number of hydrogen-bond donors (Lipinski definition) is 1. The van der Waals surface area contributed by atoms with Crippen LogP contribution in [0.15, 0.2) is 24.4 Å². The van der Waals surface area contributed by atoms with Crippen LogP contribution >= 0.6 is 0 Å². The number of pyridine rings is 1. The molecule has 1 unspecified atom stereocenters. The maximum Gasteiger partial charge on any atom is 0.274 e. The fraction of sp³-hybridized carbons (Fsp3) is 0.467. The van der Waals surface area contributed by atoms with Gasteiger partial charge in [-0.05, 0) is 38.3 Å². The molecule has 3 heterocycles. The quantitative estimate of drug-likeness (QED) is 0.904. The van der Waals surface area contributed by atoms with E-state index in [1.54, 1.807) is 11.1 Å². The predicted molar refractivity (Wildman–Crippen MR) is 75.7 cm³/mol. The van der Waals surface area contributed by atoms with E-state index in [-0.39, 0.29) is 18.6 Å². The number of aromatic nitrogens is 2. The average Bonchev–Trinajstić information content (AvgIpc) is 2.92. The van der Waals surface area contributed by atoms with Gasteiger partial charge in [0.15, 0.2) is 0 Å². The highest BCUT2D eigenvalue weighted by Gasteiger charge is 2.28. The minimum Gasteiger partial charge on any atom is -0.394 e. The Balaban J connectivity index is 1.93. The molecule has 1 aliphatic rings. The van der Waals surface area contributed by atoms with E-state index in [1.807, 2.05) is 29.5 Å². The van der Waals surface area contributed by atoms with Crippen LogP contribution in [0.1, 0.15) is 35.4 Å². The summed E-state index contributed by atoms with van der Waals surface area (Å²) >= 11 is 0. The molecule has 1 atom stereocenters. The van der Waals surface area contributed by atoms with Gasteiger partial charge in [-0.25, -0.2) is 4.98 Å². The van der Waals surface area contributed by atoms with Crippen molar-refractivity contribution in [2.75, 3.05) is 13.2 Å². The first kappa shape index (κ1) is 13.1. The van der Waals surface area contributed by atoms with Crippen LogP contribution in [0.4, 0.5) is 0 Å². The first-order valence-corrected chi connectivity index (χ1v) is 7.07. The zero-order valence-corrected chi connectivity index (χ0v) is 11.6. The van der Waals surface area contributed by atoms with E-state index in [2.05, 4.69) is 4.98 Å². The average molecular weight is 273 g/mol. The minimum absolute atomic E-state index is 0.0259. The lowest BCUT2D eigenvalue weighted by Crippen LogP contribution is -2.45. The number of aliphatic hydroxyl groups excluding tert-OH is 1. The van der Waals surface area contributed by atoms with E-state index in [0.29, 0.717) is 12.2 Å². The number of rotatable bonds is 2. The zero-order chi connectivity index (χ0) is 14.1. The molecule has 0 saturated carbocycles. The molecule has 5 nitrogen and oxygen atoms in total. The summed E-state index contributed by atoms with van der Waals surface area (Å²) in [5, 5.41) is 9.42. The lowest BCUT2D eigenvalue weighted by atomic mass is 10.0. The second kappa shape index (κ2) is 5.25. The number of carbonyl (C=O) groups is 1. The summed E-state index contributed by atoms with van der Waals surface area (Å²) in [6.45, 7) is 2.72. The highest BCUT2D eigenvalue weighted by molar-refractivity contribution is 5.93. The highest BCUT2D eigenvalue weighted by Crippen LogP contribution is 2.19. The number of nitrogens with zero attached hydrogens (tertiary/aromatic N) is 3. The third-order valence-electron chi connectivity index (χ3n) is 4.01. The zero-order valence-electron chi connectivity index (χ0n) is 11.6. The summed E-state index contributed by atoms with van der Waals surface area (Å²) in [7, 11) is 0. The molecule has 1 fully saturated rings. The summed E-state index contributed by atoms with van der Waals surface area (Å²) in [4.78, 5) is 18.8. The number of imidazole rings is 1. The van der Waals surface area contributed by atoms with Crippen molar-refractivity contribution in [3.63, 3.8) is 0 Å². The lowest BCUT2D eigenvalue weighted by Gasteiger charge is -2.34. The van der Waals surface area contributed by atoms with Crippen molar-refractivity contribution in [2.24, 2.45) is 0 Å². The van der Waals surface area contributed by atoms with Crippen LogP contribution in [0.5, 0.6) is 0 Å². The molecule has 5 heteroatoms. The van der Waals surface area contributed by atoms with E-state index in [4.69, 9.17) is 0 Å². The van der Waals surface area contributed by atoms with Crippen LogP contribution in [-0.4, -0.2) is 44.5 Å². The van der Waals surface area contributed by atoms with Crippen molar-refractivity contribution in [2.45, 2.75) is 32.2 Å². The molecule has 2 aromatic heterocycles. The largest absolute Gasteiger partial charge is 0.394 e. The predicted octanol–water partition coefficient (Wildman–Crippen LogP) is 1.63. The summed E-state index contributed by atoms with van der Waals surface area (Å²) < 4.78 is 1.92. The van der Waals surface area contributed by atoms with Gasteiger partial charge in [0.25, 0.3) is 5.91 Å². The number of fused-ring (bicyclic) bond motifs is 1. The van der Waals surface area contributed by atoms with Crippen LogP contribution in [0.25, 0.3) is 5.65 Å². The molecular formula is C15H19N3O2. The summed E-state index contributed by atoms with van der Waals surface area (Å²) in [5.41, 5.74) is 2.29. The van der Waals surface area contributed by atoms with Gasteiger partial charge in [0.2, 0.25) is 0 Å². The molecule has 106 valence electrons. The van der Waals surface area contributed by atoms with Crippen LogP contribution in [0.3, 0.4) is 0 Å². The van der Waals surface area contributed by atoms with Gasteiger partial charge >= 0.3 is 0 Å². The van der Waals surface area contributed by atoms with E-state index in [1.165, 1.54) is 0 Å². The topological polar surface area (TPSA) is 57.8 Å². The van der Waals surface area contributed by atoms with Gasteiger partial charge < -0.3 is 14.4 Å². The first-order chi connectivity index (χ1) is 9.70. The molecule has 20 heavy (non-hydrogen) atoms. The highest BCUT2D eigenvalue weighted by atomic mass is 16.3. The van der Waals surface area contributed by atoms with Crippen LogP contribution in [0, 0.1) is 6.92 Å². The Labute approximate surface area is 117 Å². The van der Waals surface area contributed by atoms with E-state index >= 15 is 0 Å². The Bertz CT molecular complexity index is 635. The van der Waals surface area contributed by atoms with Crippen molar-refractivity contribution in [3.8, 4) is 0 Å². The summed E-state index contributed by atoms with van der Waals surface area (Å²) in [6.07, 6.45) is 4.72. The minimum atomic E-state index is -0.0770. The normalized spacial score (nSPS) is 19.5. The Hall–Kier alpha value is -1.88. The third-order valence-corrected chi connectivity index (χ3v) is 4.01. The van der Waals surface area contributed by atoms with Crippen molar-refractivity contribution in [1.82, 2.24) is 14.3 Å². The van der Waals surface area contributed by atoms with Gasteiger partial charge in [-0.15, -0.1) is 0 Å². The number of amides is 1. The van der Waals surface area contributed by atoms with Crippen molar-refractivity contribution in [3.05, 3.63) is 35.8 Å². The van der Waals surface area contributed by atoms with Crippen LogP contribution < -0.4 is 0 Å². The lowest BCUT2D eigenvalue weighted by molar-refractivity contribution is 0.0498. The molecule has 0 radical (unpaired) electrons. The number of hydrogen-bond acceptors (Lipinski definition) is 3. The van der Waals surface area contributed by atoms with Gasteiger partial charge in [-0.2, -0.15) is 0 Å². The van der Waals surface area contributed by atoms with E-state index in [0.717, 1.165) is 30.6 Å². The molecule has 0 spiro atoms. The number of carbonyl (C=O) groups excluding carboxylic acids is 1. The molecule has 0 aliphatic carbocycles. The van der Waals surface area contributed by atoms with Crippen LogP contribution in [0.2, 0.25) is 0 Å². The van der Waals surface area contributed by atoms with E-state index < -0.39 is 0 Å². The summed E-state index contributed by atoms with van der Waals surface area (Å²) in [5.74, 6) is -0.0770. The molecule has 1 N–H and O–H groups in total. The number of aliphatic hydroxyl groups is 1. The number of piperidine rings is 1. The number of likely N-dealkylation sites (tertiary alicyclic amines) is 1. The maximum absolute atomic E-state index is 12.6. The van der Waals surface area contributed by atoms with Gasteiger partial charge in [0.1, 0.15) is 11.3 Å². The van der Waals surface area contributed by atoms with E-state index in [9.17, 15) is 9.90 Å². The van der Waals surface area contributed by atoms with Gasteiger partial charge in [0.05, 0.1) is 12.6 Å². The molecule has 1 amide bonds. The molecule has 0 aromatic carbocycles. The molecule has 3 rings (SSSR count). The Morgan fingerprint density at radius 2 is 2.30 bits per heavy atom. The van der Waals surface area contributed by atoms with Crippen molar-refractivity contribution < 1.29 is 9.90 Å². The second-order valence-corrected chi connectivity index (χ2v) is 5.35. The SMILES string of the molecule is Cc1cccc2nc(C(=O)N3CCCCC3CO)cn12. The molecule has 0 bridgehead atoms. The standard InChI is InChI=1S/C15H19N3O2/c1-11-5-4-7-14-16-13(9-18(11)14)15(20)17-8-3-2-6-12(17)10-19/h4-5,7,9,12,19H,2-3,6,8,10H2,1H3. The van der Waals surface area contributed by atoms with Gasteiger partial charge in [-0.3, -0.25) is 4.79 Å². The fourth-order valence-corrected chi connectivity index (χ4v) is 2.86. The van der Waals surface area contributed by atoms with Gasteiger partial charge in [-0.1, -0.05) is 6.07 Å². The Morgan fingerprint density at radius 3 is 3.05 bits per heavy atom. The Kier molecular flexibility index (Phi) is 3.44. The molecule has 2 aromatic rings. The smallest absolute Gasteiger partial charge is 0.274 e. The summed E-state index contributed by atoms with van der Waals surface area (Å²) in [6, 6.07) is 5.75. The maximum atomic E-state index is 12.6. The third kappa shape index (κ3) is 2.18. The molecule has 1 aliphatic heterocycles. The van der Waals surface area contributed by atoms with Gasteiger partial charge in [0, 0.05) is 18.4 Å². The molecular weight excluding hydrogens is 254 g/mol. The Morgan fingerprint density at radius 1 is 1.45 bits per heavy atom. The monoisotopic (exact) mass is 273 g/mol. The van der Waals surface area contributed by atoms with Crippen molar-refractivity contribution >= 4 is 11.6 Å². The number of aryl methyl sites for hydroxylation is 1. The van der Waals surface area contributed by atoms with Crippen molar-refractivity contribution in [1.29, 1.82) is 0 Å². The first-order valence-electron chi connectivity index (χ1n) is 7.07. The molecule has 1 saturated heterocycles. The van der Waals surface area contributed by atoms with Crippen LogP contribution in [-0.2, 0) is 0 Å². The second-order valence-electron chi connectivity index (χ2n) is 5.35. The fourth-order valence-electron chi connectivity index (χ4n) is 2.86.